The van der Waals surface area contributed by atoms with Crippen molar-refractivity contribution in [2.24, 2.45) is 0 Å². The summed E-state index contributed by atoms with van der Waals surface area (Å²) in [6, 6.07) is 12.3. The number of aromatic nitrogens is 5. The molecule has 0 aliphatic carbocycles. The summed E-state index contributed by atoms with van der Waals surface area (Å²) in [4.78, 5) is 31.1. The molecule has 2 N–H and O–H groups in total. The van der Waals surface area contributed by atoms with Gasteiger partial charge in [0.1, 0.15) is 11.8 Å². The second-order valence-electron chi connectivity index (χ2n) is 7.75. The normalized spacial score (nSPS) is 17.6. The SMILES string of the molecule is CN1CC[C@@](O)(c2cc(-c3cccc(-c4ccnc(Nc5ccncc5C#N)n4)n3)no2)C1=O. The maximum absolute atomic E-state index is 12.3. The van der Waals surface area contributed by atoms with Crippen molar-refractivity contribution >= 4 is 17.5 Å². The molecule has 1 aliphatic rings. The molecule has 11 heteroatoms. The zero-order valence-electron chi connectivity index (χ0n) is 18.0. The Labute approximate surface area is 193 Å². The fourth-order valence-electron chi connectivity index (χ4n) is 3.67. The van der Waals surface area contributed by atoms with Gasteiger partial charge < -0.3 is 19.8 Å². The molecular weight excluding hydrogens is 436 g/mol. The number of carbonyl (C=O) groups excluding carboxylic acids is 1. The number of rotatable bonds is 5. The van der Waals surface area contributed by atoms with E-state index in [1.54, 1.807) is 49.8 Å². The topological polar surface area (TPSA) is 154 Å². The molecule has 5 heterocycles. The highest BCUT2D eigenvalue weighted by Gasteiger charge is 2.48. The number of hydrogen-bond acceptors (Lipinski definition) is 10. The molecule has 4 aromatic heterocycles. The predicted octanol–water partition coefficient (Wildman–Crippen LogP) is 2.25. The molecule has 1 fully saturated rings. The van der Waals surface area contributed by atoms with Gasteiger partial charge in [0, 0.05) is 44.7 Å². The number of hydrogen-bond donors (Lipinski definition) is 2. The number of aliphatic hydroxyl groups is 1. The third-order valence-electron chi connectivity index (χ3n) is 5.54. The van der Waals surface area contributed by atoms with E-state index in [0.29, 0.717) is 46.5 Å². The van der Waals surface area contributed by atoms with Gasteiger partial charge in [0.2, 0.25) is 11.5 Å². The number of pyridine rings is 2. The summed E-state index contributed by atoms with van der Waals surface area (Å²) in [5.41, 5.74) is 1.16. The Kier molecular flexibility index (Phi) is 5.19. The minimum absolute atomic E-state index is 0.0863. The van der Waals surface area contributed by atoms with E-state index in [9.17, 15) is 15.2 Å². The van der Waals surface area contributed by atoms with Crippen LogP contribution < -0.4 is 5.32 Å². The van der Waals surface area contributed by atoms with E-state index in [1.807, 2.05) is 0 Å². The van der Waals surface area contributed by atoms with Gasteiger partial charge in [-0.1, -0.05) is 11.2 Å². The van der Waals surface area contributed by atoms with Crippen molar-refractivity contribution in [1.29, 1.82) is 5.26 Å². The van der Waals surface area contributed by atoms with Gasteiger partial charge in [0.05, 0.1) is 28.3 Å². The minimum atomic E-state index is -1.72. The van der Waals surface area contributed by atoms with Gasteiger partial charge in [-0.05, 0) is 24.3 Å². The van der Waals surface area contributed by atoms with Gasteiger partial charge in [0.25, 0.3) is 5.91 Å². The molecule has 5 rings (SSSR count). The van der Waals surface area contributed by atoms with Gasteiger partial charge >= 0.3 is 0 Å². The Balaban J connectivity index is 1.43. The Morgan fingerprint density at radius 1 is 1.15 bits per heavy atom. The lowest BCUT2D eigenvalue weighted by Crippen LogP contribution is -2.35. The average molecular weight is 454 g/mol. The summed E-state index contributed by atoms with van der Waals surface area (Å²) in [6.07, 6.45) is 4.83. The van der Waals surface area contributed by atoms with E-state index in [2.05, 4.69) is 36.5 Å². The van der Waals surface area contributed by atoms with Gasteiger partial charge in [-0.15, -0.1) is 0 Å². The largest absolute Gasteiger partial charge is 0.373 e. The first kappa shape index (κ1) is 21.2. The molecule has 11 nitrogen and oxygen atoms in total. The van der Waals surface area contributed by atoms with Crippen LogP contribution in [0.2, 0.25) is 0 Å². The average Bonchev–Trinajstić information content (AvgIpc) is 3.47. The van der Waals surface area contributed by atoms with Crippen LogP contribution in [-0.4, -0.2) is 54.6 Å². The zero-order valence-corrected chi connectivity index (χ0v) is 18.0. The van der Waals surface area contributed by atoms with Crippen LogP contribution >= 0.6 is 0 Å². The fraction of sp³-hybridized carbons (Fsp3) is 0.174. The second kappa shape index (κ2) is 8.34. The summed E-state index contributed by atoms with van der Waals surface area (Å²) in [5.74, 6) is -0.0443. The third-order valence-corrected chi connectivity index (χ3v) is 5.54. The van der Waals surface area contributed by atoms with E-state index in [-0.39, 0.29) is 12.2 Å². The lowest BCUT2D eigenvalue weighted by atomic mass is 9.98. The van der Waals surface area contributed by atoms with Crippen molar-refractivity contribution in [3.05, 3.63) is 66.3 Å². The summed E-state index contributed by atoms with van der Waals surface area (Å²) in [6.45, 7) is 0.429. The highest BCUT2D eigenvalue weighted by atomic mass is 16.5. The monoisotopic (exact) mass is 454 g/mol. The Hall–Kier alpha value is -4.69. The van der Waals surface area contributed by atoms with E-state index >= 15 is 0 Å². The fourth-order valence-corrected chi connectivity index (χ4v) is 3.67. The highest BCUT2D eigenvalue weighted by Crippen LogP contribution is 2.34. The van der Waals surface area contributed by atoms with E-state index in [0.717, 1.165) is 0 Å². The van der Waals surface area contributed by atoms with Crippen molar-refractivity contribution < 1.29 is 14.4 Å². The zero-order chi connectivity index (χ0) is 23.7. The molecule has 168 valence electrons. The second-order valence-corrected chi connectivity index (χ2v) is 7.75. The summed E-state index contributed by atoms with van der Waals surface area (Å²) in [5, 5.41) is 27.1. The number of anilines is 2. The van der Waals surface area contributed by atoms with Gasteiger partial charge in [-0.3, -0.25) is 9.78 Å². The molecule has 4 aromatic rings. The number of amides is 1. The minimum Gasteiger partial charge on any atom is -0.373 e. The van der Waals surface area contributed by atoms with Crippen LogP contribution in [0, 0.1) is 11.3 Å². The molecule has 0 saturated carbocycles. The number of nitriles is 1. The molecular formula is C23H18N8O3. The first-order chi connectivity index (χ1) is 16.5. The van der Waals surface area contributed by atoms with Crippen molar-refractivity contribution in [3.63, 3.8) is 0 Å². The van der Waals surface area contributed by atoms with Crippen LogP contribution in [0.5, 0.6) is 0 Å². The number of nitrogens with zero attached hydrogens (tertiary/aromatic N) is 7. The summed E-state index contributed by atoms with van der Waals surface area (Å²) < 4.78 is 5.32. The molecule has 34 heavy (non-hydrogen) atoms. The highest BCUT2D eigenvalue weighted by molar-refractivity contribution is 5.87. The first-order valence-corrected chi connectivity index (χ1v) is 10.3. The van der Waals surface area contributed by atoms with Crippen LogP contribution in [0.3, 0.4) is 0 Å². The number of likely N-dealkylation sites (tertiary alicyclic amines) is 1. The molecule has 1 atom stereocenters. The Morgan fingerprint density at radius 2 is 1.94 bits per heavy atom. The first-order valence-electron chi connectivity index (χ1n) is 10.3. The number of nitrogens with one attached hydrogen (secondary N) is 1. The standard InChI is InChI=1S/C23H18N8O3/c1-31-10-7-23(33,21(31)32)20-11-19(30-34-20)17-4-2-3-16(27-17)18-6-9-26-22(29-18)28-15-5-8-25-13-14(15)12-24/h2-6,8-9,11,13,33H,7,10H2,1H3,(H,25,26,28,29)/t23-/m1/s1. The van der Waals surface area contributed by atoms with Crippen LogP contribution in [0.15, 0.2) is 59.5 Å². The molecule has 1 aliphatic heterocycles. The molecule has 1 saturated heterocycles. The van der Waals surface area contributed by atoms with E-state index in [4.69, 9.17) is 4.52 Å². The van der Waals surface area contributed by atoms with Gasteiger partial charge in [0.15, 0.2) is 5.76 Å². The lowest BCUT2D eigenvalue weighted by molar-refractivity contribution is -0.144. The molecule has 0 bridgehead atoms. The smallest absolute Gasteiger partial charge is 0.262 e. The number of likely N-dealkylation sites (N-methyl/N-ethyl adjacent to an activating group) is 1. The van der Waals surface area contributed by atoms with Crippen molar-refractivity contribution in [2.45, 2.75) is 12.0 Å². The van der Waals surface area contributed by atoms with Gasteiger partial charge in [-0.2, -0.15) is 5.26 Å². The van der Waals surface area contributed by atoms with Crippen LogP contribution in [-0.2, 0) is 10.4 Å². The number of carbonyl (C=O) groups is 1. The predicted molar refractivity (Wildman–Crippen MR) is 119 cm³/mol. The molecule has 0 radical (unpaired) electrons. The van der Waals surface area contributed by atoms with Crippen molar-refractivity contribution in [3.8, 4) is 28.8 Å². The molecule has 0 unspecified atom stereocenters. The maximum atomic E-state index is 12.3. The van der Waals surface area contributed by atoms with E-state index < -0.39 is 11.5 Å². The van der Waals surface area contributed by atoms with Crippen molar-refractivity contribution in [1.82, 2.24) is 30.0 Å². The summed E-state index contributed by atoms with van der Waals surface area (Å²) >= 11 is 0. The Bertz CT molecular complexity index is 1430. The molecule has 1 amide bonds. The molecule has 0 spiro atoms. The van der Waals surface area contributed by atoms with Crippen molar-refractivity contribution in [2.75, 3.05) is 18.9 Å². The molecule has 0 aromatic carbocycles. The maximum Gasteiger partial charge on any atom is 0.262 e. The third kappa shape index (κ3) is 3.72. The van der Waals surface area contributed by atoms with Crippen LogP contribution in [0.1, 0.15) is 17.7 Å². The quantitative estimate of drug-likeness (QED) is 0.459. The van der Waals surface area contributed by atoms with Crippen LogP contribution in [0.4, 0.5) is 11.6 Å². The van der Waals surface area contributed by atoms with Gasteiger partial charge in [-0.25, -0.2) is 15.0 Å². The van der Waals surface area contributed by atoms with Crippen LogP contribution in [0.25, 0.3) is 22.8 Å². The summed E-state index contributed by atoms with van der Waals surface area (Å²) in [7, 11) is 1.63. The van der Waals surface area contributed by atoms with E-state index in [1.165, 1.54) is 17.2 Å². The Morgan fingerprint density at radius 3 is 2.71 bits per heavy atom. The lowest BCUT2D eigenvalue weighted by Gasteiger charge is -2.16.